The summed E-state index contributed by atoms with van der Waals surface area (Å²) in [6.45, 7) is 3.15. The third kappa shape index (κ3) is 2.74. The van der Waals surface area contributed by atoms with Crippen molar-refractivity contribution in [1.82, 2.24) is 14.9 Å². The lowest BCUT2D eigenvalue weighted by Crippen LogP contribution is -2.48. The number of aromatic nitrogens is 2. The molecule has 1 aliphatic heterocycles. The molecule has 0 saturated carbocycles. The Balaban J connectivity index is 1.90. The molecule has 22 heavy (non-hydrogen) atoms. The van der Waals surface area contributed by atoms with E-state index in [2.05, 4.69) is 9.97 Å². The number of para-hydroxylation sites is 1. The Hall–Kier alpha value is -2.21. The van der Waals surface area contributed by atoms with Gasteiger partial charge in [0.25, 0.3) is 0 Å². The summed E-state index contributed by atoms with van der Waals surface area (Å²) in [5.74, 6) is 0.374. The van der Waals surface area contributed by atoms with Crippen molar-refractivity contribution >= 4 is 22.7 Å². The molecule has 2 atom stereocenters. The summed E-state index contributed by atoms with van der Waals surface area (Å²) in [6.07, 6.45) is 1.93. The molecule has 0 unspecified atom stereocenters. The topological polar surface area (TPSA) is 92.3 Å². The van der Waals surface area contributed by atoms with Crippen LogP contribution in [0.5, 0.6) is 0 Å². The number of hydrogen-bond donors (Lipinski definition) is 2. The van der Waals surface area contributed by atoms with E-state index in [0.29, 0.717) is 18.2 Å². The van der Waals surface area contributed by atoms with Crippen molar-refractivity contribution < 1.29 is 9.90 Å². The number of piperidine rings is 1. The van der Waals surface area contributed by atoms with Crippen LogP contribution in [0, 0.1) is 5.92 Å². The van der Waals surface area contributed by atoms with Crippen LogP contribution in [-0.2, 0) is 11.3 Å². The van der Waals surface area contributed by atoms with Crippen molar-refractivity contribution in [1.29, 1.82) is 0 Å². The maximum atomic E-state index is 11.5. The van der Waals surface area contributed by atoms with Gasteiger partial charge in [-0.25, -0.2) is 9.97 Å². The standard InChI is InChI=1S/C16H20N4O2/c1-10-5-4-8-20(14(10)16(21)22)9-13-18-12-7-3-2-6-11(12)15(17)19-13/h2-3,6-7,10,14H,4-5,8-9H2,1H3,(H,21,22)(H2,17,18,19)/t10-,14-/m0/s1. The highest BCUT2D eigenvalue weighted by Gasteiger charge is 2.34. The number of nitrogens with two attached hydrogens (primary N) is 1. The van der Waals surface area contributed by atoms with Gasteiger partial charge in [0.1, 0.15) is 17.7 Å². The average Bonchev–Trinajstić information content (AvgIpc) is 2.47. The molecular weight excluding hydrogens is 280 g/mol. The highest BCUT2D eigenvalue weighted by Crippen LogP contribution is 2.25. The summed E-state index contributed by atoms with van der Waals surface area (Å²) in [4.78, 5) is 22.4. The minimum Gasteiger partial charge on any atom is -0.480 e. The molecule has 1 saturated heterocycles. The van der Waals surface area contributed by atoms with Gasteiger partial charge in [-0.15, -0.1) is 0 Å². The van der Waals surface area contributed by atoms with Gasteiger partial charge in [0.15, 0.2) is 0 Å². The summed E-state index contributed by atoms with van der Waals surface area (Å²) in [5.41, 5.74) is 6.79. The van der Waals surface area contributed by atoms with Gasteiger partial charge in [-0.3, -0.25) is 9.69 Å². The van der Waals surface area contributed by atoms with Crippen LogP contribution in [0.4, 0.5) is 5.82 Å². The highest BCUT2D eigenvalue weighted by atomic mass is 16.4. The molecule has 0 spiro atoms. The predicted octanol–water partition coefficient (Wildman–Crippen LogP) is 1.90. The average molecular weight is 300 g/mol. The molecule has 1 aromatic carbocycles. The Morgan fingerprint density at radius 3 is 2.95 bits per heavy atom. The number of benzene rings is 1. The normalized spacial score (nSPS) is 22.8. The van der Waals surface area contributed by atoms with E-state index in [4.69, 9.17) is 5.73 Å². The first-order valence-corrected chi connectivity index (χ1v) is 7.54. The lowest BCUT2D eigenvalue weighted by Gasteiger charge is -2.36. The molecule has 1 aliphatic rings. The quantitative estimate of drug-likeness (QED) is 0.899. The fourth-order valence-corrected chi connectivity index (χ4v) is 3.25. The van der Waals surface area contributed by atoms with Crippen LogP contribution >= 0.6 is 0 Å². The molecule has 2 heterocycles. The number of carboxylic acid groups (broad SMARTS) is 1. The van der Waals surface area contributed by atoms with E-state index in [9.17, 15) is 9.90 Å². The summed E-state index contributed by atoms with van der Waals surface area (Å²) in [5, 5.41) is 10.3. The number of likely N-dealkylation sites (tertiary alicyclic amines) is 1. The van der Waals surface area contributed by atoms with Crippen molar-refractivity contribution in [2.75, 3.05) is 12.3 Å². The Morgan fingerprint density at radius 2 is 2.18 bits per heavy atom. The molecule has 0 radical (unpaired) electrons. The largest absolute Gasteiger partial charge is 0.480 e. The van der Waals surface area contributed by atoms with Gasteiger partial charge in [0.05, 0.1) is 12.1 Å². The number of nitrogens with zero attached hydrogens (tertiary/aromatic N) is 3. The first kappa shape index (κ1) is 14.7. The van der Waals surface area contributed by atoms with E-state index < -0.39 is 12.0 Å². The summed E-state index contributed by atoms with van der Waals surface area (Å²) in [7, 11) is 0. The van der Waals surface area contributed by atoms with Crippen LogP contribution in [-0.4, -0.2) is 38.5 Å². The van der Waals surface area contributed by atoms with Gasteiger partial charge in [-0.05, 0) is 37.4 Å². The van der Waals surface area contributed by atoms with Gasteiger partial charge in [0, 0.05) is 5.39 Å². The van der Waals surface area contributed by atoms with Crippen LogP contribution < -0.4 is 5.73 Å². The minimum atomic E-state index is -0.777. The van der Waals surface area contributed by atoms with Gasteiger partial charge in [-0.1, -0.05) is 19.1 Å². The van der Waals surface area contributed by atoms with Gasteiger partial charge in [-0.2, -0.15) is 0 Å². The van der Waals surface area contributed by atoms with Crippen molar-refractivity contribution in [3.63, 3.8) is 0 Å². The Bertz CT molecular complexity index is 704. The van der Waals surface area contributed by atoms with Gasteiger partial charge >= 0.3 is 5.97 Å². The lowest BCUT2D eigenvalue weighted by atomic mass is 9.91. The Morgan fingerprint density at radius 1 is 1.41 bits per heavy atom. The zero-order valence-electron chi connectivity index (χ0n) is 12.6. The third-order valence-electron chi connectivity index (χ3n) is 4.31. The van der Waals surface area contributed by atoms with Crippen molar-refractivity contribution in [3.05, 3.63) is 30.1 Å². The fourth-order valence-electron chi connectivity index (χ4n) is 3.25. The molecular formula is C16H20N4O2. The van der Waals surface area contributed by atoms with Crippen LogP contribution in [0.3, 0.4) is 0 Å². The SMILES string of the molecule is C[C@H]1CCCN(Cc2nc(N)c3ccccc3n2)[C@@H]1C(=O)O. The maximum absolute atomic E-state index is 11.5. The van der Waals surface area contributed by atoms with Crippen molar-refractivity contribution in [2.24, 2.45) is 5.92 Å². The number of carbonyl (C=O) groups is 1. The molecule has 0 aliphatic carbocycles. The van der Waals surface area contributed by atoms with E-state index in [1.807, 2.05) is 36.1 Å². The number of nitrogen functional groups attached to an aromatic ring is 1. The number of carboxylic acids is 1. The predicted molar refractivity (Wildman–Crippen MR) is 84.2 cm³/mol. The zero-order valence-corrected chi connectivity index (χ0v) is 12.6. The molecule has 3 N–H and O–H groups in total. The second-order valence-electron chi connectivity index (χ2n) is 5.92. The van der Waals surface area contributed by atoms with Crippen molar-refractivity contribution in [2.45, 2.75) is 32.4 Å². The number of fused-ring (bicyclic) bond motifs is 1. The molecule has 6 nitrogen and oxygen atoms in total. The molecule has 116 valence electrons. The van der Waals surface area contributed by atoms with E-state index in [0.717, 1.165) is 30.3 Å². The zero-order chi connectivity index (χ0) is 15.7. The van der Waals surface area contributed by atoms with Crippen LogP contribution in [0.25, 0.3) is 10.9 Å². The van der Waals surface area contributed by atoms with Crippen LogP contribution in [0.15, 0.2) is 24.3 Å². The summed E-state index contributed by atoms with van der Waals surface area (Å²) < 4.78 is 0. The van der Waals surface area contributed by atoms with E-state index in [1.54, 1.807) is 0 Å². The second-order valence-corrected chi connectivity index (χ2v) is 5.92. The van der Waals surface area contributed by atoms with E-state index in [-0.39, 0.29) is 5.92 Å². The van der Waals surface area contributed by atoms with E-state index >= 15 is 0 Å². The molecule has 0 bridgehead atoms. The molecule has 3 rings (SSSR count). The Kier molecular flexibility index (Phi) is 3.94. The Labute approximate surface area is 129 Å². The lowest BCUT2D eigenvalue weighted by molar-refractivity contribution is -0.147. The number of hydrogen-bond acceptors (Lipinski definition) is 5. The van der Waals surface area contributed by atoms with Crippen molar-refractivity contribution in [3.8, 4) is 0 Å². The second kappa shape index (κ2) is 5.88. The number of anilines is 1. The van der Waals surface area contributed by atoms with E-state index in [1.165, 1.54) is 0 Å². The maximum Gasteiger partial charge on any atom is 0.321 e. The smallest absolute Gasteiger partial charge is 0.321 e. The highest BCUT2D eigenvalue weighted by molar-refractivity contribution is 5.87. The van der Waals surface area contributed by atoms with Gasteiger partial charge < -0.3 is 10.8 Å². The molecule has 1 aromatic heterocycles. The molecule has 1 fully saturated rings. The minimum absolute atomic E-state index is 0.129. The summed E-state index contributed by atoms with van der Waals surface area (Å²) >= 11 is 0. The van der Waals surface area contributed by atoms with Gasteiger partial charge in [0.2, 0.25) is 0 Å². The third-order valence-corrected chi connectivity index (χ3v) is 4.31. The number of aliphatic carboxylic acids is 1. The first-order chi connectivity index (χ1) is 10.6. The summed E-state index contributed by atoms with van der Waals surface area (Å²) in [6, 6.07) is 7.10. The molecule has 2 aromatic rings. The fraction of sp³-hybridized carbons (Fsp3) is 0.438. The van der Waals surface area contributed by atoms with Crippen LogP contribution in [0.1, 0.15) is 25.6 Å². The first-order valence-electron chi connectivity index (χ1n) is 7.54. The monoisotopic (exact) mass is 300 g/mol. The van der Waals surface area contributed by atoms with Crippen LogP contribution in [0.2, 0.25) is 0 Å². The number of rotatable bonds is 3. The molecule has 0 amide bonds. The molecule has 6 heteroatoms.